The molecule has 0 saturated carbocycles. The minimum atomic E-state index is 0.106. The van der Waals surface area contributed by atoms with Gasteiger partial charge in [-0.3, -0.25) is 4.57 Å². The Balaban J connectivity index is 1.14. The van der Waals surface area contributed by atoms with E-state index in [4.69, 9.17) is 9.97 Å². The summed E-state index contributed by atoms with van der Waals surface area (Å²) < 4.78 is 4.61. The van der Waals surface area contributed by atoms with Gasteiger partial charge in [0.05, 0.1) is 33.3 Å². The first-order chi connectivity index (χ1) is 25.4. The Morgan fingerprint density at radius 1 is 0.404 bits per heavy atom. The smallest absolute Gasteiger partial charge is 0.235 e. The van der Waals surface area contributed by atoms with Crippen LogP contribution in [0.25, 0.3) is 88.5 Å². The van der Waals surface area contributed by atoms with Crippen molar-refractivity contribution in [3.63, 3.8) is 0 Å². The Morgan fingerprint density at radius 3 is 1.56 bits per heavy atom. The first kappa shape index (κ1) is 30.3. The molecule has 0 radical (unpaired) electrons. The molecule has 52 heavy (non-hydrogen) atoms. The Morgan fingerprint density at radius 2 is 0.923 bits per heavy atom. The maximum absolute atomic E-state index is 5.25. The number of rotatable bonds is 4. The highest BCUT2D eigenvalue weighted by molar-refractivity contribution is 6.12. The molecule has 0 N–H and O–H groups in total. The van der Waals surface area contributed by atoms with Crippen molar-refractivity contribution in [2.24, 2.45) is 0 Å². The summed E-state index contributed by atoms with van der Waals surface area (Å²) in [5, 5.41) is 5.88. The van der Waals surface area contributed by atoms with Crippen LogP contribution < -0.4 is 0 Å². The molecule has 10 rings (SSSR count). The molecule has 0 saturated heterocycles. The van der Waals surface area contributed by atoms with Crippen molar-refractivity contribution in [3.05, 3.63) is 169 Å². The number of nitrogens with zero attached hydrogens (tertiary/aromatic N) is 4. The third kappa shape index (κ3) is 4.75. The fraction of sp³-hybridized carbons (Fsp3) is 0.0833. The van der Waals surface area contributed by atoms with Gasteiger partial charge in [-0.2, -0.15) is 0 Å². The lowest BCUT2D eigenvalue weighted by atomic mass is 9.87. The highest BCUT2D eigenvalue weighted by Gasteiger charge is 2.19. The minimum absolute atomic E-state index is 0.106. The summed E-state index contributed by atoms with van der Waals surface area (Å²) in [7, 11) is 0. The summed E-state index contributed by atoms with van der Waals surface area (Å²) in [5.41, 5.74) is 12.5. The second kappa shape index (κ2) is 11.5. The summed E-state index contributed by atoms with van der Waals surface area (Å²) in [6.45, 7) is 6.79. The van der Waals surface area contributed by atoms with Crippen molar-refractivity contribution in [1.29, 1.82) is 0 Å². The molecule has 4 nitrogen and oxygen atoms in total. The van der Waals surface area contributed by atoms with Gasteiger partial charge in [-0.1, -0.05) is 130 Å². The van der Waals surface area contributed by atoms with Crippen LogP contribution in [0.1, 0.15) is 26.3 Å². The van der Waals surface area contributed by atoms with Gasteiger partial charge in [0.2, 0.25) is 5.95 Å². The van der Waals surface area contributed by atoms with E-state index in [0.29, 0.717) is 5.95 Å². The monoisotopic (exact) mass is 668 g/mol. The molecule has 7 aromatic carbocycles. The van der Waals surface area contributed by atoms with Crippen LogP contribution in [-0.4, -0.2) is 19.1 Å². The third-order valence-electron chi connectivity index (χ3n) is 10.5. The molecular formula is C48H36N4. The quantitative estimate of drug-likeness (QED) is 0.187. The van der Waals surface area contributed by atoms with E-state index in [-0.39, 0.29) is 5.41 Å². The molecule has 0 unspecified atom stereocenters. The van der Waals surface area contributed by atoms with Gasteiger partial charge in [-0.25, -0.2) is 9.97 Å². The van der Waals surface area contributed by atoms with E-state index in [1.165, 1.54) is 55.0 Å². The fourth-order valence-corrected chi connectivity index (χ4v) is 7.89. The van der Waals surface area contributed by atoms with Gasteiger partial charge in [0.1, 0.15) is 0 Å². The Bertz CT molecular complexity index is 2980. The average Bonchev–Trinajstić information content (AvgIpc) is 3.70. The molecular weight excluding hydrogens is 633 g/mol. The summed E-state index contributed by atoms with van der Waals surface area (Å²) in [6, 6.07) is 58.8. The second-order valence-electron chi connectivity index (χ2n) is 14.7. The molecule has 3 heterocycles. The number of benzene rings is 7. The zero-order chi connectivity index (χ0) is 35.0. The fourth-order valence-electron chi connectivity index (χ4n) is 7.89. The van der Waals surface area contributed by atoms with Crippen molar-refractivity contribution < 1.29 is 0 Å². The van der Waals surface area contributed by atoms with Gasteiger partial charge in [-0.15, -0.1) is 0 Å². The van der Waals surface area contributed by atoms with Crippen LogP contribution in [0.15, 0.2) is 164 Å². The standard InChI is InChI=1S/C48H36N4/c1-48(2,3)34-23-25-35(26-24-34)51-42-19-11-8-15-36(42)39-29-32(21-27-44(39)51)33-22-28-45-40(30-33)37-16-9-12-20-43(37)52(45)47-49-41-18-10-7-17-38(41)46(50-47)31-13-5-4-6-14-31/h4-30H,1-3H3. The van der Waals surface area contributed by atoms with Crippen molar-refractivity contribution in [3.8, 4) is 34.0 Å². The lowest BCUT2D eigenvalue weighted by molar-refractivity contribution is 0.590. The van der Waals surface area contributed by atoms with E-state index in [0.717, 1.165) is 33.2 Å². The van der Waals surface area contributed by atoms with E-state index in [1.54, 1.807) is 0 Å². The number of para-hydroxylation sites is 3. The van der Waals surface area contributed by atoms with Crippen LogP contribution in [0.5, 0.6) is 0 Å². The maximum atomic E-state index is 5.25. The SMILES string of the molecule is CC(C)(C)c1ccc(-n2c3ccccc3c3cc(-c4ccc5c(c4)c4ccccc4n5-c4nc(-c5ccccc5)c5ccccc5n4)ccc32)cc1. The van der Waals surface area contributed by atoms with E-state index >= 15 is 0 Å². The average molecular weight is 669 g/mol. The van der Waals surface area contributed by atoms with Crippen molar-refractivity contribution in [1.82, 2.24) is 19.1 Å². The molecule has 0 aliphatic heterocycles. The first-order valence-electron chi connectivity index (χ1n) is 17.9. The molecule has 3 aromatic heterocycles. The Hall–Kier alpha value is -6.52. The predicted molar refractivity (Wildman–Crippen MR) is 218 cm³/mol. The predicted octanol–water partition coefficient (Wildman–Crippen LogP) is 12.5. The number of fused-ring (bicyclic) bond motifs is 7. The van der Waals surface area contributed by atoms with E-state index in [1.807, 2.05) is 12.1 Å². The van der Waals surface area contributed by atoms with E-state index < -0.39 is 0 Å². The van der Waals surface area contributed by atoms with Gasteiger partial charge < -0.3 is 4.57 Å². The molecule has 0 atom stereocenters. The summed E-state index contributed by atoms with van der Waals surface area (Å²) >= 11 is 0. The largest absolute Gasteiger partial charge is 0.309 e. The zero-order valence-electron chi connectivity index (χ0n) is 29.4. The van der Waals surface area contributed by atoms with Crippen molar-refractivity contribution in [2.75, 3.05) is 0 Å². The number of hydrogen-bond acceptors (Lipinski definition) is 2. The van der Waals surface area contributed by atoms with Crippen LogP contribution in [0.3, 0.4) is 0 Å². The number of aromatic nitrogens is 4. The molecule has 248 valence electrons. The van der Waals surface area contributed by atoms with Crippen LogP contribution in [0.4, 0.5) is 0 Å². The molecule has 10 aromatic rings. The molecule has 0 bridgehead atoms. The van der Waals surface area contributed by atoms with Crippen LogP contribution in [0, 0.1) is 0 Å². The maximum Gasteiger partial charge on any atom is 0.235 e. The molecule has 0 spiro atoms. The van der Waals surface area contributed by atoms with E-state index in [2.05, 4.69) is 182 Å². The molecule has 0 fully saturated rings. The first-order valence-corrected chi connectivity index (χ1v) is 17.9. The lowest BCUT2D eigenvalue weighted by Crippen LogP contribution is -2.10. The third-order valence-corrected chi connectivity index (χ3v) is 10.5. The highest BCUT2D eigenvalue weighted by atomic mass is 15.2. The van der Waals surface area contributed by atoms with Crippen LogP contribution >= 0.6 is 0 Å². The topological polar surface area (TPSA) is 35.6 Å². The molecule has 0 aliphatic carbocycles. The highest BCUT2D eigenvalue weighted by Crippen LogP contribution is 2.39. The van der Waals surface area contributed by atoms with Crippen LogP contribution in [-0.2, 0) is 5.41 Å². The zero-order valence-corrected chi connectivity index (χ0v) is 29.4. The summed E-state index contributed by atoms with van der Waals surface area (Å²) in [4.78, 5) is 10.4. The van der Waals surface area contributed by atoms with Crippen LogP contribution in [0.2, 0.25) is 0 Å². The van der Waals surface area contributed by atoms with Gasteiger partial charge in [0.25, 0.3) is 0 Å². The Kier molecular flexibility index (Phi) is 6.71. The van der Waals surface area contributed by atoms with Gasteiger partial charge >= 0.3 is 0 Å². The molecule has 0 aliphatic rings. The minimum Gasteiger partial charge on any atom is -0.309 e. The summed E-state index contributed by atoms with van der Waals surface area (Å²) in [5.74, 6) is 0.668. The summed E-state index contributed by atoms with van der Waals surface area (Å²) in [6.07, 6.45) is 0. The van der Waals surface area contributed by atoms with Gasteiger partial charge in [-0.05, 0) is 76.7 Å². The van der Waals surface area contributed by atoms with Crippen molar-refractivity contribution in [2.45, 2.75) is 26.2 Å². The van der Waals surface area contributed by atoms with Crippen molar-refractivity contribution >= 4 is 54.5 Å². The van der Waals surface area contributed by atoms with Gasteiger partial charge in [0.15, 0.2) is 0 Å². The molecule has 4 heteroatoms. The van der Waals surface area contributed by atoms with Gasteiger partial charge in [0, 0.05) is 38.2 Å². The normalized spacial score (nSPS) is 12.1. The Labute approximate surface area is 302 Å². The van der Waals surface area contributed by atoms with E-state index in [9.17, 15) is 0 Å². The molecule has 0 amide bonds. The lowest BCUT2D eigenvalue weighted by Gasteiger charge is -2.19. The second-order valence-corrected chi connectivity index (χ2v) is 14.7. The number of hydrogen-bond donors (Lipinski definition) is 0.